The molecule has 0 fully saturated rings. The van der Waals surface area contributed by atoms with Gasteiger partial charge in [-0.3, -0.25) is 13.9 Å². The third-order valence-corrected chi connectivity index (χ3v) is 8.50. The Labute approximate surface area is 240 Å². The maximum Gasteiger partial charge on any atom is 0.264 e. The summed E-state index contributed by atoms with van der Waals surface area (Å²) in [7, 11) is -2.72. The lowest BCUT2D eigenvalue weighted by atomic mass is 10.0. The van der Waals surface area contributed by atoms with Crippen molar-refractivity contribution in [1.82, 2.24) is 10.2 Å². The molecule has 1 N–H and O–H groups in total. The molecule has 0 saturated carbocycles. The van der Waals surface area contributed by atoms with Gasteiger partial charge in [0.15, 0.2) is 0 Å². The van der Waals surface area contributed by atoms with Crippen LogP contribution in [0.1, 0.15) is 16.7 Å². The van der Waals surface area contributed by atoms with E-state index in [1.54, 1.807) is 18.2 Å². The molecule has 0 bridgehead atoms. The molecule has 41 heavy (non-hydrogen) atoms. The van der Waals surface area contributed by atoms with Crippen molar-refractivity contribution in [3.05, 3.63) is 132 Å². The van der Waals surface area contributed by atoms with Crippen LogP contribution in [0.3, 0.4) is 0 Å². The molecule has 0 heterocycles. The van der Waals surface area contributed by atoms with Gasteiger partial charge in [0.1, 0.15) is 18.4 Å². The van der Waals surface area contributed by atoms with E-state index in [1.807, 2.05) is 61.5 Å². The maximum atomic E-state index is 14.2. The van der Waals surface area contributed by atoms with Crippen LogP contribution in [0.15, 0.2) is 114 Å². The number of likely N-dealkylation sites (N-methyl/N-ethyl adjacent to an activating group) is 1. The van der Waals surface area contributed by atoms with Crippen LogP contribution in [0.25, 0.3) is 0 Å². The largest absolute Gasteiger partial charge is 0.357 e. The third-order valence-electron chi connectivity index (χ3n) is 6.72. The molecule has 0 aliphatic rings. The van der Waals surface area contributed by atoms with Crippen molar-refractivity contribution in [2.75, 3.05) is 17.9 Å². The van der Waals surface area contributed by atoms with E-state index in [9.17, 15) is 22.4 Å². The Hall–Kier alpha value is -4.50. The first-order valence-electron chi connectivity index (χ1n) is 13.1. The molecular formula is C32H32FN3O4S. The summed E-state index contributed by atoms with van der Waals surface area (Å²) in [5, 5.41) is 2.66. The molecule has 0 radical (unpaired) electrons. The summed E-state index contributed by atoms with van der Waals surface area (Å²) in [6.45, 7) is 1.42. The van der Waals surface area contributed by atoms with Crippen molar-refractivity contribution in [2.24, 2.45) is 0 Å². The number of nitrogens with zero attached hydrogens (tertiary/aromatic N) is 2. The lowest BCUT2D eigenvalue weighted by molar-refractivity contribution is -0.139. The average Bonchev–Trinajstić information content (AvgIpc) is 2.99. The molecular weight excluding hydrogens is 541 g/mol. The Balaban J connectivity index is 1.77. The van der Waals surface area contributed by atoms with Crippen molar-refractivity contribution >= 4 is 27.5 Å². The number of benzene rings is 4. The minimum Gasteiger partial charge on any atom is -0.357 e. The second-order valence-corrected chi connectivity index (χ2v) is 11.5. The Bertz CT molecular complexity index is 1560. The number of carbonyl (C=O) groups excluding carboxylic acids is 2. The molecule has 212 valence electrons. The SMILES string of the molecule is CNC(=O)[C@H](Cc1ccccc1)N(Cc1ccc(C)cc1)C(=O)CN(c1ccc(F)cc1)S(=O)(=O)c1ccccc1. The van der Waals surface area contributed by atoms with Crippen LogP contribution >= 0.6 is 0 Å². The monoisotopic (exact) mass is 573 g/mol. The first kappa shape index (κ1) is 29.5. The summed E-state index contributed by atoms with van der Waals surface area (Å²) in [4.78, 5) is 28.8. The van der Waals surface area contributed by atoms with Gasteiger partial charge in [-0.1, -0.05) is 78.4 Å². The van der Waals surface area contributed by atoms with Gasteiger partial charge in [-0.05, 0) is 54.4 Å². The molecule has 1 atom stereocenters. The number of hydrogen-bond acceptors (Lipinski definition) is 4. The highest BCUT2D eigenvalue weighted by atomic mass is 32.2. The fraction of sp³-hybridized carbons (Fsp3) is 0.188. The fourth-order valence-corrected chi connectivity index (χ4v) is 5.90. The van der Waals surface area contributed by atoms with Gasteiger partial charge in [-0.15, -0.1) is 0 Å². The van der Waals surface area contributed by atoms with Crippen molar-refractivity contribution in [2.45, 2.75) is 30.8 Å². The maximum absolute atomic E-state index is 14.2. The number of carbonyl (C=O) groups is 2. The summed E-state index contributed by atoms with van der Waals surface area (Å²) < 4.78 is 42.3. The van der Waals surface area contributed by atoms with Crippen molar-refractivity contribution < 1.29 is 22.4 Å². The van der Waals surface area contributed by atoms with E-state index in [1.165, 1.54) is 36.2 Å². The molecule has 7 nitrogen and oxygen atoms in total. The summed E-state index contributed by atoms with van der Waals surface area (Å²) in [5.41, 5.74) is 2.79. The van der Waals surface area contributed by atoms with Crippen molar-refractivity contribution in [1.29, 1.82) is 0 Å². The summed E-state index contributed by atoms with van der Waals surface area (Å²) in [5.74, 6) is -1.51. The minimum absolute atomic E-state index is 0.0191. The normalized spacial score (nSPS) is 11.9. The van der Waals surface area contributed by atoms with Crippen LogP contribution in [0.4, 0.5) is 10.1 Å². The smallest absolute Gasteiger partial charge is 0.264 e. The summed E-state index contributed by atoms with van der Waals surface area (Å²) >= 11 is 0. The highest BCUT2D eigenvalue weighted by Gasteiger charge is 2.34. The first-order valence-corrected chi connectivity index (χ1v) is 14.6. The van der Waals surface area contributed by atoms with Gasteiger partial charge in [0, 0.05) is 20.0 Å². The quantitative estimate of drug-likeness (QED) is 0.282. The third kappa shape index (κ3) is 7.37. The number of hydrogen-bond donors (Lipinski definition) is 1. The number of rotatable bonds is 11. The van der Waals surface area contributed by atoms with Crippen LogP contribution in [-0.2, 0) is 32.6 Å². The van der Waals surface area contributed by atoms with Gasteiger partial charge >= 0.3 is 0 Å². The van der Waals surface area contributed by atoms with Crippen LogP contribution in [-0.4, -0.2) is 44.8 Å². The van der Waals surface area contributed by atoms with E-state index < -0.39 is 34.3 Å². The topological polar surface area (TPSA) is 86.8 Å². The van der Waals surface area contributed by atoms with E-state index >= 15 is 0 Å². The predicted molar refractivity (Wildman–Crippen MR) is 157 cm³/mol. The number of aryl methyl sites for hydroxylation is 1. The molecule has 4 aromatic rings. The summed E-state index contributed by atoms with van der Waals surface area (Å²) in [6, 6.07) is 28.6. The first-order chi connectivity index (χ1) is 19.7. The Morgan fingerprint density at radius 1 is 0.805 bits per heavy atom. The lowest BCUT2D eigenvalue weighted by Gasteiger charge is -2.33. The molecule has 0 spiro atoms. The number of anilines is 1. The molecule has 0 aliphatic heterocycles. The highest BCUT2D eigenvalue weighted by Crippen LogP contribution is 2.25. The standard InChI is InChI=1S/C32H32FN3O4S/c1-24-13-15-26(16-14-24)22-35(30(32(38)34-2)21-25-9-5-3-6-10-25)31(37)23-36(28-19-17-27(33)18-20-28)41(39,40)29-11-7-4-8-12-29/h3-20,30H,21-23H2,1-2H3,(H,34,38)/t30-/m0/s1. The molecule has 0 aliphatic carbocycles. The zero-order valence-corrected chi connectivity index (χ0v) is 23.7. The predicted octanol–water partition coefficient (Wildman–Crippen LogP) is 4.72. The number of nitrogens with one attached hydrogen (secondary N) is 1. The van der Waals surface area contributed by atoms with Crippen LogP contribution in [0.2, 0.25) is 0 Å². The average molecular weight is 574 g/mol. The summed E-state index contributed by atoms with van der Waals surface area (Å²) in [6.07, 6.45) is 0.222. The molecule has 0 unspecified atom stereocenters. The minimum atomic E-state index is -4.22. The molecule has 9 heteroatoms. The highest BCUT2D eigenvalue weighted by molar-refractivity contribution is 7.92. The molecule has 4 aromatic carbocycles. The van der Waals surface area contributed by atoms with Gasteiger partial charge in [0.05, 0.1) is 10.6 Å². The van der Waals surface area contributed by atoms with E-state index in [4.69, 9.17) is 0 Å². The van der Waals surface area contributed by atoms with Gasteiger partial charge in [-0.25, -0.2) is 12.8 Å². The van der Waals surface area contributed by atoms with Gasteiger partial charge < -0.3 is 10.2 Å². The van der Waals surface area contributed by atoms with Crippen LogP contribution < -0.4 is 9.62 Å². The number of amides is 2. The van der Waals surface area contributed by atoms with Crippen LogP contribution in [0, 0.1) is 12.7 Å². The van der Waals surface area contributed by atoms with E-state index in [-0.39, 0.29) is 29.5 Å². The molecule has 0 saturated heterocycles. The van der Waals surface area contributed by atoms with Crippen LogP contribution in [0.5, 0.6) is 0 Å². The van der Waals surface area contributed by atoms with Gasteiger partial charge in [0.2, 0.25) is 11.8 Å². The zero-order chi connectivity index (χ0) is 29.4. The molecule has 2 amide bonds. The Morgan fingerprint density at radius 2 is 1.39 bits per heavy atom. The van der Waals surface area contributed by atoms with Gasteiger partial charge in [-0.2, -0.15) is 0 Å². The zero-order valence-electron chi connectivity index (χ0n) is 22.9. The second kappa shape index (κ2) is 13.2. The number of halogens is 1. The van der Waals surface area contributed by atoms with E-state index in [0.717, 1.165) is 33.1 Å². The fourth-order valence-electron chi connectivity index (χ4n) is 4.47. The van der Waals surface area contributed by atoms with E-state index in [2.05, 4.69) is 5.32 Å². The molecule has 0 aromatic heterocycles. The number of sulfonamides is 1. The van der Waals surface area contributed by atoms with Gasteiger partial charge in [0.25, 0.3) is 10.0 Å². The Kier molecular flexibility index (Phi) is 9.52. The van der Waals surface area contributed by atoms with Crippen molar-refractivity contribution in [3.63, 3.8) is 0 Å². The Morgan fingerprint density at radius 3 is 1.98 bits per heavy atom. The second-order valence-electron chi connectivity index (χ2n) is 9.63. The van der Waals surface area contributed by atoms with Crippen molar-refractivity contribution in [3.8, 4) is 0 Å². The van der Waals surface area contributed by atoms with E-state index in [0.29, 0.717) is 0 Å². The lowest BCUT2D eigenvalue weighted by Crippen LogP contribution is -2.53. The molecule has 4 rings (SSSR count).